The second kappa shape index (κ2) is 8.57. The van der Waals surface area contributed by atoms with Crippen LogP contribution < -0.4 is 5.32 Å². The van der Waals surface area contributed by atoms with E-state index in [-0.39, 0.29) is 36.6 Å². The zero-order valence-electron chi connectivity index (χ0n) is 16.0. The molecule has 30 heavy (non-hydrogen) atoms. The summed E-state index contributed by atoms with van der Waals surface area (Å²) in [5, 5.41) is 2.23. The number of halogens is 3. The molecule has 1 heterocycles. The van der Waals surface area contributed by atoms with Gasteiger partial charge in [-0.2, -0.15) is 4.31 Å². The molecule has 0 saturated carbocycles. The van der Waals surface area contributed by atoms with Crippen molar-refractivity contribution in [2.45, 2.75) is 24.7 Å². The summed E-state index contributed by atoms with van der Waals surface area (Å²) >= 11 is 0. The van der Waals surface area contributed by atoms with Gasteiger partial charge in [0.1, 0.15) is 0 Å². The Labute approximate surface area is 171 Å². The van der Waals surface area contributed by atoms with Gasteiger partial charge < -0.3 is 5.32 Å². The minimum absolute atomic E-state index is 0.0410. The first-order chi connectivity index (χ1) is 14.1. The Morgan fingerprint density at radius 3 is 2.13 bits per heavy atom. The SMILES string of the molecule is CC(=O)c1ccc(S(=O)(=O)N2CCC(C(=O)Nc3ccc(F)c(F)c3F)CC2)cc1. The largest absolute Gasteiger partial charge is 0.323 e. The van der Waals surface area contributed by atoms with Crippen LogP contribution in [0, 0.1) is 23.4 Å². The standard InChI is InChI=1S/C20H19F3N2O4S/c1-12(26)13-2-4-15(5-3-13)30(28,29)25-10-8-14(9-11-25)20(27)24-17-7-6-16(21)18(22)19(17)23/h2-7,14H,8-11H2,1H3,(H,24,27). The fourth-order valence-electron chi connectivity index (χ4n) is 3.23. The van der Waals surface area contributed by atoms with Crippen LogP contribution in [0.5, 0.6) is 0 Å². The summed E-state index contributed by atoms with van der Waals surface area (Å²) < 4.78 is 66.8. The molecule has 1 aliphatic heterocycles. The number of anilines is 1. The van der Waals surface area contributed by atoms with Gasteiger partial charge in [0.05, 0.1) is 10.6 Å². The molecule has 3 rings (SSSR count). The third-order valence-electron chi connectivity index (χ3n) is 5.02. The minimum Gasteiger partial charge on any atom is -0.323 e. The summed E-state index contributed by atoms with van der Waals surface area (Å²) in [6.45, 7) is 1.51. The highest BCUT2D eigenvalue weighted by atomic mass is 32.2. The minimum atomic E-state index is -3.79. The number of Topliss-reactive ketones (excluding diaryl/α,β-unsaturated/α-hetero) is 1. The predicted octanol–water partition coefficient (Wildman–Crippen LogP) is 3.35. The Kier molecular flexibility index (Phi) is 6.27. The molecule has 0 bridgehead atoms. The highest BCUT2D eigenvalue weighted by Crippen LogP contribution is 2.26. The number of carbonyl (C=O) groups excluding carboxylic acids is 2. The molecule has 0 unspecified atom stereocenters. The molecular formula is C20H19F3N2O4S. The van der Waals surface area contributed by atoms with Crippen molar-refractivity contribution in [3.63, 3.8) is 0 Å². The lowest BCUT2D eigenvalue weighted by Crippen LogP contribution is -2.41. The zero-order valence-corrected chi connectivity index (χ0v) is 16.8. The van der Waals surface area contributed by atoms with Crippen LogP contribution in [0.2, 0.25) is 0 Å². The number of amides is 1. The molecule has 10 heteroatoms. The first-order valence-corrected chi connectivity index (χ1v) is 10.6. The molecular weight excluding hydrogens is 421 g/mol. The van der Waals surface area contributed by atoms with Gasteiger partial charge in [0.25, 0.3) is 0 Å². The molecule has 0 spiro atoms. The predicted molar refractivity (Wildman–Crippen MR) is 103 cm³/mol. The summed E-state index contributed by atoms with van der Waals surface area (Å²) in [5.74, 6) is -5.91. The van der Waals surface area contributed by atoms with Crippen LogP contribution in [0.4, 0.5) is 18.9 Å². The third-order valence-corrected chi connectivity index (χ3v) is 6.93. The summed E-state index contributed by atoms with van der Waals surface area (Å²) in [4.78, 5) is 23.7. The average Bonchev–Trinajstić information content (AvgIpc) is 2.74. The van der Waals surface area contributed by atoms with Crippen molar-refractivity contribution in [2.24, 2.45) is 5.92 Å². The topological polar surface area (TPSA) is 83.6 Å². The van der Waals surface area contributed by atoms with Crippen molar-refractivity contribution >= 4 is 27.4 Å². The maximum atomic E-state index is 13.7. The van der Waals surface area contributed by atoms with Gasteiger partial charge in [-0.25, -0.2) is 21.6 Å². The Bertz CT molecular complexity index is 1080. The van der Waals surface area contributed by atoms with Gasteiger partial charge in [0.15, 0.2) is 23.2 Å². The number of benzene rings is 2. The smallest absolute Gasteiger partial charge is 0.243 e. The lowest BCUT2D eigenvalue weighted by Gasteiger charge is -2.30. The number of nitrogens with zero attached hydrogens (tertiary/aromatic N) is 1. The van der Waals surface area contributed by atoms with Gasteiger partial charge in [0, 0.05) is 24.6 Å². The number of sulfonamides is 1. The Hall–Kier alpha value is -2.72. The number of hydrogen-bond acceptors (Lipinski definition) is 4. The van der Waals surface area contributed by atoms with E-state index in [1.54, 1.807) is 0 Å². The van der Waals surface area contributed by atoms with Gasteiger partial charge in [-0.3, -0.25) is 9.59 Å². The van der Waals surface area contributed by atoms with Crippen LogP contribution in [0.25, 0.3) is 0 Å². The van der Waals surface area contributed by atoms with E-state index in [0.717, 1.165) is 6.07 Å². The van der Waals surface area contributed by atoms with Crippen molar-refractivity contribution in [1.29, 1.82) is 0 Å². The first kappa shape index (κ1) is 22.0. The van der Waals surface area contributed by atoms with Gasteiger partial charge in [0.2, 0.25) is 15.9 Å². The van der Waals surface area contributed by atoms with Gasteiger partial charge in [-0.05, 0) is 44.0 Å². The van der Waals surface area contributed by atoms with Crippen molar-refractivity contribution < 1.29 is 31.2 Å². The quantitative estimate of drug-likeness (QED) is 0.571. The number of ketones is 1. The maximum absolute atomic E-state index is 13.7. The number of piperidine rings is 1. The summed E-state index contributed by atoms with van der Waals surface area (Å²) in [7, 11) is -3.79. The molecule has 1 N–H and O–H groups in total. The normalized spacial score (nSPS) is 15.7. The Balaban J connectivity index is 1.64. The second-order valence-electron chi connectivity index (χ2n) is 6.97. The highest BCUT2D eigenvalue weighted by molar-refractivity contribution is 7.89. The van der Waals surface area contributed by atoms with Crippen molar-refractivity contribution in [3.8, 4) is 0 Å². The van der Waals surface area contributed by atoms with Crippen molar-refractivity contribution in [3.05, 3.63) is 59.4 Å². The van der Waals surface area contributed by atoms with E-state index in [4.69, 9.17) is 0 Å². The third kappa shape index (κ3) is 4.39. The number of hydrogen-bond donors (Lipinski definition) is 1. The molecule has 1 fully saturated rings. The molecule has 6 nitrogen and oxygen atoms in total. The number of rotatable bonds is 5. The fourth-order valence-corrected chi connectivity index (χ4v) is 4.70. The molecule has 1 saturated heterocycles. The van der Waals surface area contributed by atoms with Crippen molar-refractivity contribution in [2.75, 3.05) is 18.4 Å². The van der Waals surface area contributed by atoms with Gasteiger partial charge in [-0.15, -0.1) is 0 Å². The van der Waals surface area contributed by atoms with E-state index in [1.165, 1.54) is 35.5 Å². The highest BCUT2D eigenvalue weighted by Gasteiger charge is 2.32. The van der Waals surface area contributed by atoms with Crippen LogP contribution in [0.15, 0.2) is 41.3 Å². The van der Waals surface area contributed by atoms with Crippen LogP contribution in [-0.4, -0.2) is 37.5 Å². The fraction of sp³-hybridized carbons (Fsp3) is 0.300. The molecule has 0 atom stereocenters. The van der Waals surface area contributed by atoms with E-state index >= 15 is 0 Å². The average molecular weight is 440 g/mol. The van der Waals surface area contributed by atoms with E-state index in [9.17, 15) is 31.2 Å². The van der Waals surface area contributed by atoms with Crippen molar-refractivity contribution in [1.82, 2.24) is 4.31 Å². The van der Waals surface area contributed by atoms with E-state index in [1.807, 2.05) is 0 Å². The van der Waals surface area contributed by atoms with Gasteiger partial charge in [-0.1, -0.05) is 12.1 Å². The summed E-state index contributed by atoms with van der Waals surface area (Å²) in [6.07, 6.45) is 0.365. The zero-order chi connectivity index (χ0) is 22.1. The molecule has 1 amide bonds. The van der Waals surface area contributed by atoms with Gasteiger partial charge >= 0.3 is 0 Å². The second-order valence-corrected chi connectivity index (χ2v) is 8.91. The van der Waals surface area contributed by atoms with E-state index in [0.29, 0.717) is 11.6 Å². The van der Waals surface area contributed by atoms with E-state index in [2.05, 4.69) is 5.32 Å². The molecule has 0 aromatic heterocycles. The lowest BCUT2D eigenvalue weighted by molar-refractivity contribution is -0.120. The first-order valence-electron chi connectivity index (χ1n) is 9.16. The molecule has 2 aromatic rings. The molecule has 0 aliphatic carbocycles. The number of nitrogens with one attached hydrogen (secondary N) is 1. The molecule has 2 aromatic carbocycles. The monoisotopic (exact) mass is 440 g/mol. The summed E-state index contributed by atoms with van der Waals surface area (Å²) in [5.41, 5.74) is -0.0756. The van der Waals surface area contributed by atoms with Crippen LogP contribution in [0.3, 0.4) is 0 Å². The van der Waals surface area contributed by atoms with E-state index < -0.39 is 45.0 Å². The Morgan fingerprint density at radius 1 is 0.967 bits per heavy atom. The van der Waals surface area contributed by atoms with Crippen LogP contribution >= 0.6 is 0 Å². The summed E-state index contributed by atoms with van der Waals surface area (Å²) in [6, 6.07) is 7.22. The Morgan fingerprint density at radius 2 is 1.57 bits per heavy atom. The molecule has 0 radical (unpaired) electrons. The number of carbonyl (C=O) groups is 2. The van der Waals surface area contributed by atoms with Crippen LogP contribution in [-0.2, 0) is 14.8 Å². The molecule has 160 valence electrons. The maximum Gasteiger partial charge on any atom is 0.243 e. The van der Waals surface area contributed by atoms with Crippen LogP contribution in [0.1, 0.15) is 30.1 Å². The lowest BCUT2D eigenvalue weighted by atomic mass is 9.97. The molecule has 1 aliphatic rings.